The predicted octanol–water partition coefficient (Wildman–Crippen LogP) is 7.28. The van der Waals surface area contributed by atoms with Gasteiger partial charge in [0.1, 0.15) is 0 Å². The van der Waals surface area contributed by atoms with Gasteiger partial charge in [-0.15, -0.1) is 0 Å². The van der Waals surface area contributed by atoms with E-state index in [1.807, 2.05) is 13.8 Å². The van der Waals surface area contributed by atoms with Gasteiger partial charge in [-0.1, -0.05) is 39.3 Å². The molecule has 0 heterocycles. The molecule has 8 atom stereocenters. The van der Waals surface area contributed by atoms with E-state index in [-0.39, 0.29) is 11.5 Å². The van der Waals surface area contributed by atoms with Crippen molar-refractivity contribution in [3.63, 3.8) is 0 Å². The van der Waals surface area contributed by atoms with Gasteiger partial charge in [0, 0.05) is 0 Å². The maximum absolute atomic E-state index is 10.8. The Morgan fingerprint density at radius 1 is 0.875 bits per heavy atom. The smallest absolute Gasteiger partial charge is 0.0594 e. The van der Waals surface area contributed by atoms with Crippen molar-refractivity contribution in [2.24, 2.45) is 44.8 Å². The minimum Gasteiger partial charge on any atom is -0.393 e. The van der Waals surface area contributed by atoms with Crippen LogP contribution in [0.25, 0.3) is 0 Å². The molecule has 182 valence electrons. The van der Waals surface area contributed by atoms with E-state index in [2.05, 4.69) is 40.7 Å². The van der Waals surface area contributed by atoms with Crippen LogP contribution in [0.5, 0.6) is 0 Å². The number of allylic oxidation sites excluding steroid dienone is 2. The molecule has 8 unspecified atom stereocenters. The van der Waals surface area contributed by atoms with E-state index in [1.165, 1.54) is 51.4 Å². The SMILES string of the molecule is CC(=CCCC(C)(C)O)C1CCC2(C)C3CCC4C(C)(C)C(O)CCC45CC35CCC12C. The zero-order chi connectivity index (χ0) is 23.4. The normalized spacial score (nSPS) is 52.0. The predicted molar refractivity (Wildman–Crippen MR) is 132 cm³/mol. The van der Waals surface area contributed by atoms with E-state index in [0.29, 0.717) is 27.6 Å². The Labute approximate surface area is 197 Å². The van der Waals surface area contributed by atoms with Crippen LogP contribution in [0.2, 0.25) is 0 Å². The fourth-order valence-electron chi connectivity index (χ4n) is 10.9. The Bertz CT molecular complexity index is 804. The second kappa shape index (κ2) is 6.87. The first-order valence-corrected chi connectivity index (χ1v) is 13.8. The Morgan fingerprint density at radius 2 is 1.53 bits per heavy atom. The van der Waals surface area contributed by atoms with Crippen molar-refractivity contribution in [2.75, 3.05) is 0 Å². The fraction of sp³-hybridized carbons (Fsp3) is 0.933. The van der Waals surface area contributed by atoms with Crippen molar-refractivity contribution < 1.29 is 10.2 Å². The second-order valence-electron chi connectivity index (χ2n) is 14.8. The number of hydrogen-bond acceptors (Lipinski definition) is 2. The molecular formula is C30H50O2. The van der Waals surface area contributed by atoms with Gasteiger partial charge < -0.3 is 10.2 Å². The van der Waals surface area contributed by atoms with Gasteiger partial charge in [-0.2, -0.15) is 0 Å². The summed E-state index contributed by atoms with van der Waals surface area (Å²) in [6.45, 7) is 16.3. The molecule has 0 radical (unpaired) electrons. The minimum atomic E-state index is -0.567. The van der Waals surface area contributed by atoms with E-state index in [1.54, 1.807) is 5.57 Å². The van der Waals surface area contributed by atoms with Gasteiger partial charge in [-0.25, -0.2) is 0 Å². The first-order valence-electron chi connectivity index (χ1n) is 13.8. The molecule has 5 fully saturated rings. The van der Waals surface area contributed by atoms with Gasteiger partial charge in [0.2, 0.25) is 0 Å². The fourth-order valence-corrected chi connectivity index (χ4v) is 10.9. The summed E-state index contributed by atoms with van der Waals surface area (Å²) in [5.41, 5.74) is 3.11. The summed E-state index contributed by atoms with van der Waals surface area (Å²) in [6.07, 6.45) is 16.3. The molecule has 2 spiro atoms. The number of fused-ring (bicyclic) bond motifs is 2. The summed E-state index contributed by atoms with van der Waals surface area (Å²) < 4.78 is 0. The standard InChI is InChI=1S/C30H50O2/c1-20(9-8-14-25(2,3)32)21-12-15-28(7)23-11-10-22-26(4,5)24(31)13-16-29(22)19-30(23,29)18-17-27(21,28)6/h9,21-24,31-32H,8,10-19H2,1-7H3. The Hall–Kier alpha value is -0.340. The average Bonchev–Trinajstić information content (AvgIpc) is 3.27. The summed E-state index contributed by atoms with van der Waals surface area (Å²) in [5.74, 6) is 2.32. The minimum absolute atomic E-state index is 0.0897. The molecule has 0 aromatic carbocycles. The molecule has 0 bridgehead atoms. The van der Waals surface area contributed by atoms with Gasteiger partial charge in [-0.05, 0) is 136 Å². The van der Waals surface area contributed by atoms with Gasteiger partial charge in [0.25, 0.3) is 0 Å². The Morgan fingerprint density at radius 3 is 2.22 bits per heavy atom. The Balaban J connectivity index is 1.41. The Kier molecular flexibility index (Phi) is 5.02. The summed E-state index contributed by atoms with van der Waals surface area (Å²) >= 11 is 0. The third-order valence-corrected chi connectivity index (χ3v) is 12.9. The van der Waals surface area contributed by atoms with Crippen LogP contribution in [0.1, 0.15) is 119 Å². The lowest BCUT2D eigenvalue weighted by molar-refractivity contribution is -0.157. The van der Waals surface area contributed by atoms with E-state index in [0.717, 1.165) is 31.1 Å². The van der Waals surface area contributed by atoms with Crippen molar-refractivity contribution in [1.82, 2.24) is 0 Å². The largest absolute Gasteiger partial charge is 0.393 e. The highest BCUT2D eigenvalue weighted by molar-refractivity contribution is 5.32. The van der Waals surface area contributed by atoms with Gasteiger partial charge in [0.05, 0.1) is 11.7 Å². The van der Waals surface area contributed by atoms with Crippen LogP contribution in [-0.4, -0.2) is 21.9 Å². The quantitative estimate of drug-likeness (QED) is 0.449. The second-order valence-corrected chi connectivity index (χ2v) is 14.8. The lowest BCUT2D eigenvalue weighted by Crippen LogP contribution is -2.57. The van der Waals surface area contributed by atoms with E-state index < -0.39 is 5.60 Å². The molecule has 0 saturated heterocycles. The zero-order valence-corrected chi connectivity index (χ0v) is 22.1. The molecule has 2 nitrogen and oxygen atoms in total. The van der Waals surface area contributed by atoms with Crippen molar-refractivity contribution in [1.29, 1.82) is 0 Å². The maximum atomic E-state index is 10.8. The molecule has 5 aliphatic carbocycles. The molecule has 2 N–H and O–H groups in total. The molecule has 2 heteroatoms. The van der Waals surface area contributed by atoms with Crippen LogP contribution in [0.4, 0.5) is 0 Å². The topological polar surface area (TPSA) is 40.5 Å². The van der Waals surface area contributed by atoms with Crippen LogP contribution >= 0.6 is 0 Å². The lowest BCUT2D eigenvalue weighted by Gasteiger charge is -2.63. The molecule has 5 aliphatic rings. The highest BCUT2D eigenvalue weighted by Gasteiger charge is 2.82. The van der Waals surface area contributed by atoms with Gasteiger partial charge in [-0.3, -0.25) is 0 Å². The van der Waals surface area contributed by atoms with E-state index >= 15 is 0 Å². The average molecular weight is 443 g/mol. The van der Waals surface area contributed by atoms with Gasteiger partial charge in [0.15, 0.2) is 0 Å². The van der Waals surface area contributed by atoms with Crippen LogP contribution in [0.15, 0.2) is 11.6 Å². The highest BCUT2D eigenvalue weighted by atomic mass is 16.3. The lowest BCUT2D eigenvalue weighted by atomic mass is 9.42. The highest BCUT2D eigenvalue weighted by Crippen LogP contribution is 2.89. The van der Waals surface area contributed by atoms with E-state index in [4.69, 9.17) is 0 Å². The van der Waals surface area contributed by atoms with Crippen LogP contribution < -0.4 is 0 Å². The zero-order valence-electron chi connectivity index (χ0n) is 22.1. The summed E-state index contributed by atoms with van der Waals surface area (Å²) in [5, 5.41) is 21.0. The monoisotopic (exact) mass is 442 g/mol. The molecule has 5 rings (SSSR count). The van der Waals surface area contributed by atoms with E-state index in [9.17, 15) is 10.2 Å². The van der Waals surface area contributed by atoms with Crippen molar-refractivity contribution >= 4 is 0 Å². The molecular weight excluding hydrogens is 392 g/mol. The van der Waals surface area contributed by atoms with Crippen molar-refractivity contribution in [2.45, 2.75) is 131 Å². The number of aliphatic hydroxyl groups excluding tert-OH is 1. The first kappa shape index (κ1) is 23.4. The van der Waals surface area contributed by atoms with Crippen molar-refractivity contribution in [3.05, 3.63) is 11.6 Å². The maximum Gasteiger partial charge on any atom is 0.0594 e. The molecule has 0 aliphatic heterocycles. The van der Waals surface area contributed by atoms with Crippen molar-refractivity contribution in [3.8, 4) is 0 Å². The number of rotatable bonds is 4. The van der Waals surface area contributed by atoms with Gasteiger partial charge >= 0.3 is 0 Å². The van der Waals surface area contributed by atoms with Crippen LogP contribution in [0.3, 0.4) is 0 Å². The molecule has 0 aromatic rings. The molecule has 5 saturated carbocycles. The first-order chi connectivity index (χ1) is 14.7. The van der Waals surface area contributed by atoms with Crippen LogP contribution in [-0.2, 0) is 0 Å². The molecule has 0 aromatic heterocycles. The summed E-state index contributed by atoms with van der Waals surface area (Å²) in [6, 6.07) is 0. The third-order valence-electron chi connectivity index (χ3n) is 12.9. The summed E-state index contributed by atoms with van der Waals surface area (Å²) in [4.78, 5) is 0. The summed E-state index contributed by atoms with van der Waals surface area (Å²) in [7, 11) is 0. The molecule has 0 amide bonds. The number of hydrogen-bond donors (Lipinski definition) is 2. The molecule has 32 heavy (non-hydrogen) atoms. The number of aliphatic hydroxyl groups is 2. The third kappa shape index (κ3) is 2.84. The van der Waals surface area contributed by atoms with Crippen LogP contribution in [0, 0.1) is 44.8 Å².